The van der Waals surface area contributed by atoms with Crippen molar-refractivity contribution in [2.24, 2.45) is 7.05 Å². The number of aryl methyl sites for hydroxylation is 3. The van der Waals surface area contributed by atoms with Crippen LogP contribution >= 0.6 is 15.9 Å². The fourth-order valence-corrected chi connectivity index (χ4v) is 2.56. The predicted octanol–water partition coefficient (Wildman–Crippen LogP) is 2.53. The minimum atomic E-state index is -4.45. The Bertz CT molecular complexity index is 707. The van der Waals surface area contributed by atoms with Gasteiger partial charge in [0.15, 0.2) is 11.4 Å². The molecule has 0 radical (unpaired) electrons. The molecular formula is C13H15BrF3N5O. The molecule has 2 aromatic heterocycles. The van der Waals surface area contributed by atoms with E-state index in [0.717, 1.165) is 6.07 Å². The first kappa shape index (κ1) is 17.5. The molecular weight excluding hydrogens is 379 g/mol. The van der Waals surface area contributed by atoms with E-state index in [1.54, 1.807) is 20.2 Å². The fraction of sp³-hybridized carbons (Fsp3) is 0.462. The monoisotopic (exact) mass is 393 g/mol. The number of nitrogens with one attached hydrogen (secondary N) is 1. The Kier molecular flexibility index (Phi) is 5.12. The molecule has 0 bridgehead atoms. The number of nitrogens with zero attached hydrogens (tertiary/aromatic N) is 4. The Labute approximate surface area is 138 Å². The van der Waals surface area contributed by atoms with Gasteiger partial charge in [-0.05, 0) is 35.3 Å². The number of carbonyl (C=O) groups excluding carboxylic acids is 1. The summed E-state index contributed by atoms with van der Waals surface area (Å²) >= 11 is 3.23. The van der Waals surface area contributed by atoms with Crippen LogP contribution in [0.4, 0.5) is 13.2 Å². The summed E-state index contributed by atoms with van der Waals surface area (Å²) in [6, 6.07) is 1.00. The first-order chi connectivity index (χ1) is 10.7. The third kappa shape index (κ3) is 4.34. The minimum Gasteiger partial charge on any atom is -0.351 e. The van der Waals surface area contributed by atoms with Crippen molar-refractivity contribution in [3.8, 4) is 0 Å². The Morgan fingerprint density at radius 1 is 1.39 bits per heavy atom. The van der Waals surface area contributed by atoms with Gasteiger partial charge < -0.3 is 5.32 Å². The number of carbonyl (C=O) groups is 1. The van der Waals surface area contributed by atoms with E-state index in [0.29, 0.717) is 23.1 Å². The first-order valence-corrected chi connectivity index (χ1v) is 7.57. The average Bonchev–Trinajstić information content (AvgIpc) is 2.97. The summed E-state index contributed by atoms with van der Waals surface area (Å²) in [7, 11) is 1.69. The fourth-order valence-electron chi connectivity index (χ4n) is 2.00. The lowest BCUT2D eigenvalue weighted by Gasteiger charge is -2.06. The van der Waals surface area contributed by atoms with Gasteiger partial charge in [-0.3, -0.25) is 14.2 Å². The quantitative estimate of drug-likeness (QED) is 0.793. The lowest BCUT2D eigenvalue weighted by atomic mass is 10.3. The van der Waals surface area contributed by atoms with Crippen LogP contribution in [0.15, 0.2) is 16.7 Å². The van der Waals surface area contributed by atoms with Crippen LogP contribution in [-0.4, -0.2) is 32.0 Å². The maximum absolute atomic E-state index is 12.6. The molecule has 2 aromatic rings. The number of alkyl halides is 3. The van der Waals surface area contributed by atoms with Crippen LogP contribution in [0.25, 0.3) is 0 Å². The summed E-state index contributed by atoms with van der Waals surface area (Å²) in [4.78, 5) is 11.9. The summed E-state index contributed by atoms with van der Waals surface area (Å²) in [5.74, 6) is -0.342. The molecule has 0 aliphatic heterocycles. The molecule has 0 aliphatic carbocycles. The van der Waals surface area contributed by atoms with E-state index in [4.69, 9.17) is 0 Å². The number of amides is 1. The van der Waals surface area contributed by atoms with Crippen molar-refractivity contribution in [2.75, 3.05) is 6.54 Å². The van der Waals surface area contributed by atoms with E-state index in [2.05, 4.69) is 31.4 Å². The molecule has 10 heteroatoms. The van der Waals surface area contributed by atoms with Gasteiger partial charge >= 0.3 is 6.18 Å². The maximum atomic E-state index is 12.6. The molecule has 126 valence electrons. The van der Waals surface area contributed by atoms with Crippen LogP contribution in [0, 0.1) is 6.92 Å². The van der Waals surface area contributed by atoms with Gasteiger partial charge in [0.2, 0.25) is 0 Å². The van der Waals surface area contributed by atoms with Crippen molar-refractivity contribution in [1.82, 2.24) is 24.9 Å². The van der Waals surface area contributed by atoms with Crippen molar-refractivity contribution < 1.29 is 18.0 Å². The van der Waals surface area contributed by atoms with E-state index in [9.17, 15) is 18.0 Å². The zero-order valence-electron chi connectivity index (χ0n) is 12.5. The van der Waals surface area contributed by atoms with Crippen LogP contribution in [-0.2, 0) is 19.8 Å². The van der Waals surface area contributed by atoms with Gasteiger partial charge in [-0.15, -0.1) is 0 Å². The van der Waals surface area contributed by atoms with Gasteiger partial charge in [0.05, 0.1) is 4.47 Å². The van der Waals surface area contributed by atoms with Gasteiger partial charge in [0, 0.05) is 32.0 Å². The highest BCUT2D eigenvalue weighted by molar-refractivity contribution is 9.10. The molecule has 2 rings (SSSR count). The van der Waals surface area contributed by atoms with Gasteiger partial charge in [-0.2, -0.15) is 23.4 Å². The summed E-state index contributed by atoms with van der Waals surface area (Å²) < 4.78 is 41.0. The second kappa shape index (κ2) is 6.73. The van der Waals surface area contributed by atoms with E-state index < -0.39 is 11.9 Å². The van der Waals surface area contributed by atoms with Crippen molar-refractivity contribution in [1.29, 1.82) is 0 Å². The van der Waals surface area contributed by atoms with E-state index in [-0.39, 0.29) is 18.1 Å². The molecule has 0 saturated carbocycles. The molecule has 6 nitrogen and oxygen atoms in total. The number of hydrogen-bond donors (Lipinski definition) is 1. The van der Waals surface area contributed by atoms with Crippen LogP contribution < -0.4 is 5.32 Å². The van der Waals surface area contributed by atoms with Crippen LogP contribution in [0.1, 0.15) is 28.3 Å². The normalized spacial score (nSPS) is 11.7. The van der Waals surface area contributed by atoms with Gasteiger partial charge in [0.1, 0.15) is 0 Å². The first-order valence-electron chi connectivity index (χ1n) is 6.77. The number of halogens is 4. The lowest BCUT2D eigenvalue weighted by Crippen LogP contribution is -2.26. The average molecular weight is 394 g/mol. The highest BCUT2D eigenvalue weighted by atomic mass is 79.9. The summed E-state index contributed by atoms with van der Waals surface area (Å²) in [6.45, 7) is 2.15. The molecule has 0 spiro atoms. The molecule has 0 atom stereocenters. The van der Waals surface area contributed by atoms with Crippen LogP contribution in [0.2, 0.25) is 0 Å². The Morgan fingerprint density at radius 3 is 2.61 bits per heavy atom. The largest absolute Gasteiger partial charge is 0.435 e. The lowest BCUT2D eigenvalue weighted by molar-refractivity contribution is -0.141. The molecule has 23 heavy (non-hydrogen) atoms. The molecule has 0 fully saturated rings. The number of rotatable bonds is 5. The van der Waals surface area contributed by atoms with Crippen LogP contribution in [0.3, 0.4) is 0 Å². The molecule has 0 aliphatic rings. The highest BCUT2D eigenvalue weighted by Gasteiger charge is 2.34. The van der Waals surface area contributed by atoms with Crippen LogP contribution in [0.5, 0.6) is 0 Å². The zero-order valence-corrected chi connectivity index (χ0v) is 14.1. The Morgan fingerprint density at radius 2 is 2.09 bits per heavy atom. The maximum Gasteiger partial charge on any atom is 0.435 e. The van der Waals surface area contributed by atoms with Gasteiger partial charge in [0.25, 0.3) is 5.91 Å². The summed E-state index contributed by atoms with van der Waals surface area (Å²) in [5.41, 5.74) is -0.213. The topological polar surface area (TPSA) is 64.7 Å². The van der Waals surface area contributed by atoms with Crippen molar-refractivity contribution in [3.63, 3.8) is 0 Å². The smallest absolute Gasteiger partial charge is 0.351 e. The highest BCUT2D eigenvalue weighted by Crippen LogP contribution is 2.28. The molecule has 1 N–H and O–H groups in total. The van der Waals surface area contributed by atoms with Crippen molar-refractivity contribution in [3.05, 3.63) is 33.8 Å². The van der Waals surface area contributed by atoms with Gasteiger partial charge in [-0.25, -0.2) is 0 Å². The molecule has 0 saturated heterocycles. The molecule has 0 aromatic carbocycles. The predicted molar refractivity (Wildman–Crippen MR) is 79.8 cm³/mol. The molecule has 2 heterocycles. The molecule has 0 unspecified atom stereocenters. The zero-order chi connectivity index (χ0) is 17.2. The Balaban J connectivity index is 1.85. The second-order valence-corrected chi connectivity index (χ2v) is 5.85. The van der Waals surface area contributed by atoms with E-state index >= 15 is 0 Å². The van der Waals surface area contributed by atoms with E-state index in [1.165, 1.54) is 9.36 Å². The van der Waals surface area contributed by atoms with Gasteiger partial charge in [-0.1, -0.05) is 0 Å². The number of hydrogen-bond acceptors (Lipinski definition) is 3. The summed E-state index contributed by atoms with van der Waals surface area (Å²) in [6.07, 6.45) is -2.34. The minimum absolute atomic E-state index is 0.266. The molecule has 1 amide bonds. The SMILES string of the molecule is Cc1cc(C(F)(F)F)nn1CCCNC(=O)c1nn(C)cc1Br. The second-order valence-electron chi connectivity index (χ2n) is 5.00. The van der Waals surface area contributed by atoms with Crippen molar-refractivity contribution in [2.45, 2.75) is 26.1 Å². The Hall–Kier alpha value is -1.84. The standard InChI is InChI=1S/C13H15BrF3N5O/c1-8-6-10(13(15,16)17)19-22(8)5-3-4-18-12(23)11-9(14)7-21(2)20-11/h6-7H,3-5H2,1-2H3,(H,18,23). The number of aromatic nitrogens is 4. The van der Waals surface area contributed by atoms with E-state index in [1.807, 2.05) is 0 Å². The summed E-state index contributed by atoms with van der Waals surface area (Å²) in [5, 5.41) is 10.2. The third-order valence-electron chi connectivity index (χ3n) is 3.10. The third-order valence-corrected chi connectivity index (χ3v) is 3.68. The van der Waals surface area contributed by atoms with Crippen molar-refractivity contribution >= 4 is 21.8 Å².